The van der Waals surface area contributed by atoms with E-state index >= 15 is 0 Å². The molecule has 1 unspecified atom stereocenters. The number of rotatable bonds is 7. The number of thiophene rings is 1. The van der Waals surface area contributed by atoms with Crippen molar-refractivity contribution in [1.29, 1.82) is 0 Å². The van der Waals surface area contributed by atoms with Gasteiger partial charge in [0, 0.05) is 10.6 Å². The van der Waals surface area contributed by atoms with Crippen LogP contribution < -0.4 is 5.32 Å². The zero-order chi connectivity index (χ0) is 11.1. The van der Waals surface area contributed by atoms with Crippen LogP contribution >= 0.6 is 34.7 Å². The Balaban J connectivity index is 2.53. The Morgan fingerprint density at radius 3 is 2.87 bits per heavy atom. The minimum atomic E-state index is 0.416. The van der Waals surface area contributed by atoms with E-state index in [1.54, 1.807) is 11.3 Å². The molecule has 15 heavy (non-hydrogen) atoms. The quantitative estimate of drug-likeness (QED) is 0.740. The van der Waals surface area contributed by atoms with Crippen molar-refractivity contribution >= 4 is 34.7 Å². The fraction of sp³-hybridized carbons (Fsp3) is 0.636. The fourth-order valence-corrected chi connectivity index (χ4v) is 3.72. The molecule has 1 aromatic heterocycles. The highest BCUT2D eigenvalue weighted by molar-refractivity contribution is 7.99. The third-order valence-corrected chi connectivity index (χ3v) is 4.78. The maximum atomic E-state index is 6.14. The van der Waals surface area contributed by atoms with Crippen LogP contribution in [0.5, 0.6) is 0 Å². The maximum Gasteiger partial charge on any atom is 0.0561 e. The van der Waals surface area contributed by atoms with Crippen molar-refractivity contribution in [3.8, 4) is 0 Å². The second-order valence-corrected chi connectivity index (χ2v) is 5.82. The van der Waals surface area contributed by atoms with Gasteiger partial charge in [-0.2, -0.15) is 11.8 Å². The summed E-state index contributed by atoms with van der Waals surface area (Å²) in [5, 5.41) is 6.46. The van der Waals surface area contributed by atoms with Crippen molar-refractivity contribution < 1.29 is 0 Å². The normalized spacial score (nSPS) is 13.0. The zero-order valence-corrected chi connectivity index (χ0v) is 11.6. The molecule has 0 radical (unpaired) electrons. The van der Waals surface area contributed by atoms with Crippen LogP contribution in [-0.4, -0.2) is 18.1 Å². The lowest BCUT2D eigenvalue weighted by atomic mass is 10.3. The first-order valence-electron chi connectivity index (χ1n) is 5.33. The van der Waals surface area contributed by atoms with Crippen LogP contribution in [0.1, 0.15) is 31.2 Å². The van der Waals surface area contributed by atoms with E-state index in [0.29, 0.717) is 6.04 Å². The first-order valence-corrected chi connectivity index (χ1v) is 7.74. The molecule has 1 rings (SSSR count). The van der Waals surface area contributed by atoms with Crippen molar-refractivity contribution in [3.63, 3.8) is 0 Å². The minimum Gasteiger partial charge on any atom is -0.309 e. The molecule has 0 aromatic carbocycles. The van der Waals surface area contributed by atoms with E-state index in [1.165, 1.54) is 17.1 Å². The number of hydrogen-bond acceptors (Lipinski definition) is 3. The molecule has 0 spiro atoms. The predicted octanol–water partition coefficient (Wildman–Crippen LogP) is 4.20. The first kappa shape index (κ1) is 13.4. The molecule has 1 nitrogen and oxygen atoms in total. The van der Waals surface area contributed by atoms with Crippen molar-refractivity contribution in [2.75, 3.05) is 18.1 Å². The van der Waals surface area contributed by atoms with Crippen molar-refractivity contribution in [3.05, 3.63) is 21.3 Å². The van der Waals surface area contributed by atoms with Gasteiger partial charge >= 0.3 is 0 Å². The standard InChI is InChI=1S/C11H18ClNS2/c1-3-6-14-8-10(13-4-2)11-9(12)5-7-15-11/h5,7,10,13H,3-4,6,8H2,1-2H3. The van der Waals surface area contributed by atoms with Gasteiger partial charge in [0.1, 0.15) is 0 Å². The zero-order valence-electron chi connectivity index (χ0n) is 9.25. The largest absolute Gasteiger partial charge is 0.309 e. The third-order valence-electron chi connectivity index (χ3n) is 2.04. The van der Waals surface area contributed by atoms with Crippen LogP contribution in [0.2, 0.25) is 5.02 Å². The summed E-state index contributed by atoms with van der Waals surface area (Å²) in [6.07, 6.45) is 1.24. The number of halogens is 1. The molecule has 0 aliphatic rings. The van der Waals surface area contributed by atoms with E-state index in [1.807, 2.05) is 17.8 Å². The lowest BCUT2D eigenvalue weighted by Crippen LogP contribution is -2.22. The van der Waals surface area contributed by atoms with Gasteiger partial charge in [-0.1, -0.05) is 25.4 Å². The number of nitrogens with one attached hydrogen (secondary N) is 1. The van der Waals surface area contributed by atoms with Crippen molar-refractivity contribution in [1.82, 2.24) is 5.32 Å². The van der Waals surface area contributed by atoms with Gasteiger partial charge in [-0.3, -0.25) is 0 Å². The van der Waals surface area contributed by atoms with Crippen LogP contribution in [-0.2, 0) is 0 Å². The molecule has 0 bridgehead atoms. The Labute approximate surface area is 106 Å². The highest BCUT2D eigenvalue weighted by atomic mass is 35.5. The molecule has 1 N–H and O–H groups in total. The average molecular weight is 264 g/mol. The lowest BCUT2D eigenvalue weighted by molar-refractivity contribution is 0.615. The fourth-order valence-electron chi connectivity index (χ4n) is 1.37. The van der Waals surface area contributed by atoms with Gasteiger partial charge in [-0.05, 0) is 30.2 Å². The summed E-state index contributed by atoms with van der Waals surface area (Å²) < 4.78 is 0. The first-order chi connectivity index (χ1) is 7.29. The van der Waals surface area contributed by atoms with Crippen LogP contribution in [0, 0.1) is 0 Å². The average Bonchev–Trinajstić information content (AvgIpc) is 2.64. The Kier molecular flexibility index (Phi) is 6.73. The van der Waals surface area contributed by atoms with E-state index in [9.17, 15) is 0 Å². The predicted molar refractivity (Wildman–Crippen MR) is 73.4 cm³/mol. The van der Waals surface area contributed by atoms with Gasteiger partial charge in [0.25, 0.3) is 0 Å². The van der Waals surface area contributed by atoms with Gasteiger partial charge in [-0.15, -0.1) is 11.3 Å². The van der Waals surface area contributed by atoms with Crippen LogP contribution in [0.3, 0.4) is 0 Å². The molecule has 1 aromatic rings. The highest BCUT2D eigenvalue weighted by Crippen LogP contribution is 2.30. The van der Waals surface area contributed by atoms with E-state index < -0.39 is 0 Å². The summed E-state index contributed by atoms with van der Waals surface area (Å²) in [4.78, 5) is 1.28. The summed E-state index contributed by atoms with van der Waals surface area (Å²) in [6.45, 7) is 5.35. The van der Waals surface area contributed by atoms with Gasteiger partial charge in [-0.25, -0.2) is 0 Å². The maximum absolute atomic E-state index is 6.14. The smallest absolute Gasteiger partial charge is 0.0561 e. The molecule has 0 fully saturated rings. The van der Waals surface area contributed by atoms with Crippen LogP contribution in [0.4, 0.5) is 0 Å². The van der Waals surface area contributed by atoms with Gasteiger partial charge in [0.2, 0.25) is 0 Å². The second kappa shape index (κ2) is 7.55. The molecule has 4 heteroatoms. The van der Waals surface area contributed by atoms with Crippen molar-refractivity contribution in [2.45, 2.75) is 26.3 Å². The molecule has 0 saturated carbocycles. The van der Waals surface area contributed by atoms with Crippen LogP contribution in [0.15, 0.2) is 11.4 Å². The lowest BCUT2D eigenvalue weighted by Gasteiger charge is -2.16. The Morgan fingerprint density at radius 1 is 1.53 bits per heavy atom. The molecule has 0 saturated heterocycles. The summed E-state index contributed by atoms with van der Waals surface area (Å²) >= 11 is 9.89. The van der Waals surface area contributed by atoms with E-state index in [4.69, 9.17) is 11.6 Å². The molecule has 0 amide bonds. The SMILES string of the molecule is CCCSCC(NCC)c1sccc1Cl. The molecule has 86 valence electrons. The summed E-state index contributed by atoms with van der Waals surface area (Å²) in [5.41, 5.74) is 0. The molecule has 1 heterocycles. The third kappa shape index (κ3) is 4.35. The summed E-state index contributed by atoms with van der Waals surface area (Å²) in [6, 6.07) is 2.40. The second-order valence-electron chi connectivity index (χ2n) is 3.32. The van der Waals surface area contributed by atoms with E-state index in [2.05, 4.69) is 24.5 Å². The van der Waals surface area contributed by atoms with Crippen molar-refractivity contribution in [2.24, 2.45) is 0 Å². The van der Waals surface area contributed by atoms with Gasteiger partial charge < -0.3 is 5.32 Å². The van der Waals surface area contributed by atoms with Crippen LogP contribution in [0.25, 0.3) is 0 Å². The molecule has 0 aliphatic heterocycles. The Morgan fingerprint density at radius 2 is 2.33 bits per heavy atom. The molecular formula is C11H18ClNS2. The number of hydrogen-bond donors (Lipinski definition) is 1. The summed E-state index contributed by atoms with van der Waals surface area (Å²) in [5.74, 6) is 2.34. The monoisotopic (exact) mass is 263 g/mol. The highest BCUT2D eigenvalue weighted by Gasteiger charge is 2.14. The number of thioether (sulfide) groups is 1. The minimum absolute atomic E-state index is 0.416. The molecule has 1 atom stereocenters. The van der Waals surface area contributed by atoms with E-state index in [-0.39, 0.29) is 0 Å². The summed E-state index contributed by atoms with van der Waals surface area (Å²) in [7, 11) is 0. The van der Waals surface area contributed by atoms with E-state index in [0.717, 1.165) is 17.3 Å². The Bertz CT molecular complexity index is 275. The topological polar surface area (TPSA) is 12.0 Å². The van der Waals surface area contributed by atoms with Gasteiger partial charge in [0.05, 0.1) is 11.1 Å². The Hall–Kier alpha value is 0.300. The van der Waals surface area contributed by atoms with Gasteiger partial charge in [0.15, 0.2) is 0 Å². The molecular weight excluding hydrogens is 246 g/mol. The molecule has 0 aliphatic carbocycles.